The van der Waals surface area contributed by atoms with Gasteiger partial charge in [0.25, 0.3) is 0 Å². The quantitative estimate of drug-likeness (QED) is 0.353. The summed E-state index contributed by atoms with van der Waals surface area (Å²) < 4.78 is 13.7. The number of nitrogens with zero attached hydrogens (tertiary/aromatic N) is 4. The molecule has 3 saturated heterocycles. The lowest BCUT2D eigenvalue weighted by atomic mass is 9.95. The van der Waals surface area contributed by atoms with Crippen LogP contribution in [0.25, 0.3) is 11.2 Å². The van der Waals surface area contributed by atoms with Crippen molar-refractivity contribution in [1.29, 1.82) is 0 Å². The molecule has 6 N–H and O–H groups in total. The maximum Gasteiger partial charge on any atom is 0.167 e. The number of aliphatic hydroxyl groups is 2. The van der Waals surface area contributed by atoms with E-state index in [0.29, 0.717) is 17.0 Å². The summed E-state index contributed by atoms with van der Waals surface area (Å²) in [6.45, 7) is 7.96. The molecule has 0 spiro atoms. The third kappa shape index (κ3) is 3.78. The lowest BCUT2D eigenvalue weighted by Crippen LogP contribution is -2.46. The summed E-state index contributed by atoms with van der Waals surface area (Å²) in [4.78, 5) is 13.1. The van der Waals surface area contributed by atoms with Gasteiger partial charge < -0.3 is 30.3 Å². The molecular weight excluding hydrogens is 404 g/mol. The molecule has 3 fully saturated rings. The Morgan fingerprint density at radius 2 is 1.97 bits per heavy atom. The van der Waals surface area contributed by atoms with Gasteiger partial charge in [0.15, 0.2) is 29.4 Å². The van der Waals surface area contributed by atoms with Crippen molar-refractivity contribution in [2.24, 2.45) is 5.41 Å². The summed E-state index contributed by atoms with van der Waals surface area (Å²) in [5, 5.41) is 28.1. The molecule has 2 aromatic rings. The largest absolute Gasteiger partial charge is 0.387 e. The standard InChI is InChI=1S/C19H30N8O4/c1-19(2,3)18-26-25-16(31-18)13-11(28)12(29)17(30-13)27-8-23-10-14(21-7-22-15(10)27)24-9-4-5-20-6-9/h7-9,11-13,16-18,20,25-26,28-29H,4-6H2,1-3H3,(H,21,22,24)/t9?,11-,12+,13-,16?,17+,18?/m0/s1. The van der Waals surface area contributed by atoms with Crippen molar-refractivity contribution in [3.8, 4) is 0 Å². The predicted octanol–water partition coefficient (Wildman–Crippen LogP) is -0.958. The van der Waals surface area contributed by atoms with Gasteiger partial charge in [-0.3, -0.25) is 4.57 Å². The number of anilines is 1. The van der Waals surface area contributed by atoms with E-state index in [1.165, 1.54) is 6.33 Å². The normalized spacial score (nSPS) is 36.5. The van der Waals surface area contributed by atoms with Crippen LogP contribution in [-0.2, 0) is 9.47 Å². The van der Waals surface area contributed by atoms with Crippen molar-refractivity contribution >= 4 is 17.0 Å². The summed E-state index contributed by atoms with van der Waals surface area (Å²) in [7, 11) is 0. The zero-order chi connectivity index (χ0) is 21.8. The zero-order valence-corrected chi connectivity index (χ0v) is 17.8. The Hall–Kier alpha value is -1.93. The summed E-state index contributed by atoms with van der Waals surface area (Å²) >= 11 is 0. The number of fused-ring (bicyclic) bond motifs is 1. The van der Waals surface area contributed by atoms with Crippen LogP contribution < -0.4 is 21.5 Å². The van der Waals surface area contributed by atoms with Crippen LogP contribution in [0.4, 0.5) is 5.82 Å². The molecule has 5 heterocycles. The number of imidazole rings is 1. The first-order valence-corrected chi connectivity index (χ1v) is 10.7. The van der Waals surface area contributed by atoms with E-state index in [0.717, 1.165) is 19.5 Å². The van der Waals surface area contributed by atoms with E-state index in [1.807, 2.05) is 20.8 Å². The SMILES string of the molecule is CC(C)(C)C1NNC([C@H]2O[C@@H](n3cnc4c(NC5CCNC5)ncnc43)[C@H](O)[C@@H]2O)O1. The highest BCUT2D eigenvalue weighted by Crippen LogP contribution is 2.35. The Bertz CT molecular complexity index is 927. The number of ether oxygens (including phenoxy) is 2. The Labute approximate surface area is 179 Å². The van der Waals surface area contributed by atoms with Crippen molar-refractivity contribution in [3.05, 3.63) is 12.7 Å². The van der Waals surface area contributed by atoms with Crippen molar-refractivity contribution in [1.82, 2.24) is 35.7 Å². The van der Waals surface area contributed by atoms with Gasteiger partial charge in [0, 0.05) is 18.0 Å². The first kappa shape index (κ1) is 20.9. The molecule has 0 radical (unpaired) electrons. The van der Waals surface area contributed by atoms with E-state index in [9.17, 15) is 10.2 Å². The molecule has 12 nitrogen and oxygen atoms in total. The fourth-order valence-corrected chi connectivity index (χ4v) is 4.23. The smallest absolute Gasteiger partial charge is 0.167 e. The van der Waals surface area contributed by atoms with Crippen LogP contribution in [0.3, 0.4) is 0 Å². The van der Waals surface area contributed by atoms with Gasteiger partial charge in [0.05, 0.1) is 6.33 Å². The third-order valence-electron chi connectivity index (χ3n) is 6.03. The minimum absolute atomic E-state index is 0.154. The molecule has 2 aromatic heterocycles. The summed E-state index contributed by atoms with van der Waals surface area (Å²) in [5.74, 6) is 0.639. The Morgan fingerprint density at radius 1 is 1.13 bits per heavy atom. The van der Waals surface area contributed by atoms with E-state index in [4.69, 9.17) is 9.47 Å². The number of hydrogen-bond donors (Lipinski definition) is 6. The minimum atomic E-state index is -1.17. The summed E-state index contributed by atoms with van der Waals surface area (Å²) in [5.41, 5.74) is 7.06. The van der Waals surface area contributed by atoms with Crippen molar-refractivity contribution in [2.75, 3.05) is 18.4 Å². The maximum absolute atomic E-state index is 10.7. The average molecular weight is 435 g/mol. The van der Waals surface area contributed by atoms with E-state index >= 15 is 0 Å². The minimum Gasteiger partial charge on any atom is -0.387 e. The van der Waals surface area contributed by atoms with Crippen LogP contribution in [0.5, 0.6) is 0 Å². The topological polar surface area (TPSA) is 151 Å². The van der Waals surface area contributed by atoms with Crippen LogP contribution in [0.2, 0.25) is 0 Å². The van der Waals surface area contributed by atoms with Crippen LogP contribution >= 0.6 is 0 Å². The summed E-state index contributed by atoms with van der Waals surface area (Å²) in [6, 6.07) is 0.275. The number of aromatic nitrogens is 4. The highest BCUT2D eigenvalue weighted by Gasteiger charge is 2.51. The molecule has 0 saturated carbocycles. The van der Waals surface area contributed by atoms with E-state index < -0.39 is 30.8 Å². The van der Waals surface area contributed by atoms with Gasteiger partial charge in [-0.15, -0.1) is 0 Å². The predicted molar refractivity (Wildman–Crippen MR) is 111 cm³/mol. The van der Waals surface area contributed by atoms with Gasteiger partial charge in [-0.05, 0) is 13.0 Å². The van der Waals surface area contributed by atoms with E-state index in [1.54, 1.807) is 10.9 Å². The molecule has 3 aliphatic heterocycles. The zero-order valence-electron chi connectivity index (χ0n) is 17.8. The molecular formula is C19H30N8O4. The lowest BCUT2D eigenvalue weighted by molar-refractivity contribution is -0.122. The summed E-state index contributed by atoms with van der Waals surface area (Å²) in [6.07, 6.45) is -0.819. The first-order chi connectivity index (χ1) is 14.8. The number of nitrogens with one attached hydrogen (secondary N) is 4. The molecule has 31 heavy (non-hydrogen) atoms. The Balaban J connectivity index is 1.37. The Morgan fingerprint density at radius 3 is 2.68 bits per heavy atom. The van der Waals surface area contributed by atoms with Crippen LogP contribution in [-0.4, -0.2) is 79.6 Å². The molecule has 170 valence electrons. The number of rotatable bonds is 4. The second-order valence-electron chi connectivity index (χ2n) is 9.44. The molecule has 3 aliphatic rings. The molecule has 12 heteroatoms. The lowest BCUT2D eigenvalue weighted by Gasteiger charge is -2.26. The van der Waals surface area contributed by atoms with Crippen molar-refractivity contribution < 1.29 is 19.7 Å². The van der Waals surface area contributed by atoms with E-state index in [-0.39, 0.29) is 17.7 Å². The van der Waals surface area contributed by atoms with Gasteiger partial charge in [0.2, 0.25) is 0 Å². The first-order valence-electron chi connectivity index (χ1n) is 10.7. The molecule has 3 unspecified atom stereocenters. The molecule has 7 atom stereocenters. The Kier molecular flexibility index (Phi) is 5.33. The molecule has 0 amide bonds. The van der Waals surface area contributed by atoms with Crippen LogP contribution in [0, 0.1) is 5.41 Å². The van der Waals surface area contributed by atoms with Gasteiger partial charge in [-0.1, -0.05) is 20.8 Å². The third-order valence-corrected chi connectivity index (χ3v) is 6.03. The van der Waals surface area contributed by atoms with Crippen LogP contribution in [0.1, 0.15) is 33.4 Å². The maximum atomic E-state index is 10.7. The van der Waals surface area contributed by atoms with Gasteiger partial charge >= 0.3 is 0 Å². The van der Waals surface area contributed by atoms with Gasteiger partial charge in [-0.25, -0.2) is 25.8 Å². The molecule has 5 rings (SSSR count). The van der Waals surface area contributed by atoms with Crippen molar-refractivity contribution in [2.45, 2.75) is 70.2 Å². The fraction of sp³-hybridized carbons (Fsp3) is 0.737. The fourth-order valence-electron chi connectivity index (χ4n) is 4.23. The monoisotopic (exact) mass is 434 g/mol. The van der Waals surface area contributed by atoms with Crippen molar-refractivity contribution in [3.63, 3.8) is 0 Å². The van der Waals surface area contributed by atoms with E-state index in [2.05, 4.69) is 36.4 Å². The highest BCUT2D eigenvalue weighted by atomic mass is 16.6. The average Bonchev–Trinajstić information content (AvgIpc) is 3.50. The molecule has 0 aromatic carbocycles. The molecule has 0 bridgehead atoms. The van der Waals surface area contributed by atoms with Gasteiger partial charge in [0.1, 0.15) is 30.9 Å². The highest BCUT2D eigenvalue weighted by molar-refractivity contribution is 5.82. The number of hydrogen-bond acceptors (Lipinski definition) is 11. The second-order valence-corrected chi connectivity index (χ2v) is 9.44. The molecule has 0 aliphatic carbocycles. The number of hydrazine groups is 1. The number of aliphatic hydroxyl groups excluding tert-OH is 2. The second kappa shape index (κ2) is 7.89. The van der Waals surface area contributed by atoms with Crippen LogP contribution in [0.15, 0.2) is 12.7 Å². The van der Waals surface area contributed by atoms with Gasteiger partial charge in [-0.2, -0.15) is 0 Å².